The van der Waals surface area contributed by atoms with E-state index in [9.17, 15) is 0 Å². The summed E-state index contributed by atoms with van der Waals surface area (Å²) in [5.41, 5.74) is 2.16. The molecule has 1 heterocycles. The van der Waals surface area contributed by atoms with Crippen LogP contribution in [0.2, 0.25) is 10.0 Å². The number of benzene rings is 2. The SMILES string of the molecule is CC(C)c1onc(-c2c(Cl)cccc2Cl)c1COc1ccccc1. The lowest BCUT2D eigenvalue weighted by molar-refractivity contribution is 0.298. The first kappa shape index (κ1) is 16.9. The molecule has 2 aromatic carbocycles. The van der Waals surface area contributed by atoms with Gasteiger partial charge in [0, 0.05) is 11.5 Å². The Morgan fingerprint density at radius 1 is 1.00 bits per heavy atom. The molecular weight excluding hydrogens is 345 g/mol. The molecule has 0 atom stereocenters. The van der Waals surface area contributed by atoms with Gasteiger partial charge in [0.15, 0.2) is 0 Å². The summed E-state index contributed by atoms with van der Waals surface area (Å²) in [4.78, 5) is 0. The lowest BCUT2D eigenvalue weighted by atomic mass is 10.0. The van der Waals surface area contributed by atoms with E-state index < -0.39 is 0 Å². The smallest absolute Gasteiger partial charge is 0.146 e. The molecule has 1 aromatic heterocycles. The summed E-state index contributed by atoms with van der Waals surface area (Å²) in [6, 6.07) is 15.0. The molecule has 3 aromatic rings. The van der Waals surface area contributed by atoms with Crippen molar-refractivity contribution >= 4 is 23.2 Å². The summed E-state index contributed by atoms with van der Waals surface area (Å²) in [6.45, 7) is 4.42. The van der Waals surface area contributed by atoms with Crippen LogP contribution in [-0.4, -0.2) is 5.16 Å². The number of aromatic nitrogens is 1. The molecule has 5 heteroatoms. The zero-order valence-corrected chi connectivity index (χ0v) is 14.9. The minimum absolute atomic E-state index is 0.168. The second-order valence-electron chi connectivity index (χ2n) is 5.73. The fraction of sp³-hybridized carbons (Fsp3) is 0.211. The molecule has 0 bridgehead atoms. The standard InChI is InChI=1S/C19H17Cl2NO2/c1-12(2)19-14(11-23-13-7-4-3-5-8-13)18(22-24-19)17-15(20)9-6-10-16(17)21/h3-10,12H,11H2,1-2H3. The van der Waals surface area contributed by atoms with Crippen molar-refractivity contribution in [1.82, 2.24) is 5.16 Å². The van der Waals surface area contributed by atoms with E-state index in [0.717, 1.165) is 17.1 Å². The number of halogens is 2. The van der Waals surface area contributed by atoms with Crippen molar-refractivity contribution in [2.45, 2.75) is 26.4 Å². The van der Waals surface area contributed by atoms with Gasteiger partial charge in [-0.15, -0.1) is 0 Å². The highest BCUT2D eigenvalue weighted by Crippen LogP contribution is 2.38. The van der Waals surface area contributed by atoms with Crippen LogP contribution >= 0.6 is 23.2 Å². The van der Waals surface area contributed by atoms with Crippen molar-refractivity contribution in [3.8, 4) is 17.0 Å². The first-order chi connectivity index (χ1) is 11.6. The van der Waals surface area contributed by atoms with Gasteiger partial charge in [0.25, 0.3) is 0 Å². The highest BCUT2D eigenvalue weighted by molar-refractivity contribution is 6.39. The minimum Gasteiger partial charge on any atom is -0.489 e. The molecule has 0 aliphatic heterocycles. The fourth-order valence-corrected chi connectivity index (χ4v) is 3.08. The molecule has 3 nitrogen and oxygen atoms in total. The van der Waals surface area contributed by atoms with Crippen molar-refractivity contribution in [2.75, 3.05) is 0 Å². The Morgan fingerprint density at radius 2 is 1.67 bits per heavy atom. The lowest BCUT2D eigenvalue weighted by Gasteiger charge is -2.10. The number of hydrogen-bond acceptors (Lipinski definition) is 3. The topological polar surface area (TPSA) is 35.3 Å². The monoisotopic (exact) mass is 361 g/mol. The summed E-state index contributed by atoms with van der Waals surface area (Å²) in [7, 11) is 0. The van der Waals surface area contributed by atoms with Gasteiger partial charge in [-0.3, -0.25) is 0 Å². The second-order valence-corrected chi connectivity index (χ2v) is 6.54. The van der Waals surface area contributed by atoms with Crippen LogP contribution in [0.5, 0.6) is 5.75 Å². The molecule has 0 radical (unpaired) electrons. The van der Waals surface area contributed by atoms with Gasteiger partial charge in [-0.2, -0.15) is 0 Å². The highest BCUT2D eigenvalue weighted by Gasteiger charge is 2.23. The molecule has 0 saturated carbocycles. The molecule has 0 amide bonds. The van der Waals surface area contributed by atoms with E-state index >= 15 is 0 Å². The van der Waals surface area contributed by atoms with Gasteiger partial charge in [-0.05, 0) is 24.3 Å². The highest BCUT2D eigenvalue weighted by atomic mass is 35.5. The third-order valence-electron chi connectivity index (χ3n) is 3.67. The van der Waals surface area contributed by atoms with E-state index in [1.54, 1.807) is 18.2 Å². The predicted octanol–water partition coefficient (Wildman–Crippen LogP) is 6.35. The minimum atomic E-state index is 0.168. The molecule has 0 N–H and O–H groups in total. The van der Waals surface area contributed by atoms with E-state index in [-0.39, 0.29) is 5.92 Å². The summed E-state index contributed by atoms with van der Waals surface area (Å²) >= 11 is 12.7. The van der Waals surface area contributed by atoms with Gasteiger partial charge >= 0.3 is 0 Å². The Morgan fingerprint density at radius 3 is 2.29 bits per heavy atom. The number of nitrogens with zero attached hydrogens (tertiary/aromatic N) is 1. The second kappa shape index (κ2) is 7.29. The average molecular weight is 362 g/mol. The van der Waals surface area contributed by atoms with Gasteiger partial charge in [0.05, 0.1) is 15.6 Å². The van der Waals surface area contributed by atoms with Crippen molar-refractivity contribution < 1.29 is 9.26 Å². The van der Waals surface area contributed by atoms with E-state index in [2.05, 4.69) is 5.16 Å². The first-order valence-corrected chi connectivity index (χ1v) is 8.44. The van der Waals surface area contributed by atoms with Crippen LogP contribution in [0.25, 0.3) is 11.3 Å². The number of rotatable bonds is 5. The van der Waals surface area contributed by atoms with Crippen molar-refractivity contribution in [3.05, 3.63) is 69.9 Å². The molecule has 0 spiro atoms. The van der Waals surface area contributed by atoms with Crippen LogP contribution < -0.4 is 4.74 Å². The van der Waals surface area contributed by atoms with Gasteiger partial charge in [0.1, 0.15) is 23.8 Å². The van der Waals surface area contributed by atoms with Crippen LogP contribution in [0, 0.1) is 0 Å². The predicted molar refractivity (Wildman–Crippen MR) is 96.8 cm³/mol. The largest absolute Gasteiger partial charge is 0.489 e. The first-order valence-electron chi connectivity index (χ1n) is 7.68. The molecule has 0 fully saturated rings. The number of para-hydroxylation sites is 1. The van der Waals surface area contributed by atoms with Gasteiger partial charge in [-0.25, -0.2) is 0 Å². The van der Waals surface area contributed by atoms with Crippen LogP contribution in [0.4, 0.5) is 0 Å². The fourth-order valence-electron chi connectivity index (χ4n) is 2.51. The van der Waals surface area contributed by atoms with Crippen LogP contribution in [0.15, 0.2) is 53.1 Å². The third kappa shape index (κ3) is 3.42. The Bertz CT molecular complexity index is 808. The Hall–Kier alpha value is -1.97. The maximum atomic E-state index is 6.34. The zero-order valence-electron chi connectivity index (χ0n) is 13.4. The van der Waals surface area contributed by atoms with E-state index in [0.29, 0.717) is 27.9 Å². The molecule has 0 unspecified atom stereocenters. The Balaban J connectivity index is 2.01. The Labute approximate surface area is 151 Å². The summed E-state index contributed by atoms with van der Waals surface area (Å²) in [6.07, 6.45) is 0. The van der Waals surface area contributed by atoms with Crippen molar-refractivity contribution in [2.24, 2.45) is 0 Å². The molecule has 24 heavy (non-hydrogen) atoms. The molecule has 0 aliphatic rings. The van der Waals surface area contributed by atoms with Crippen LogP contribution in [0.3, 0.4) is 0 Å². The maximum absolute atomic E-state index is 6.34. The molecule has 124 valence electrons. The van der Waals surface area contributed by atoms with E-state index in [1.165, 1.54) is 0 Å². The van der Waals surface area contributed by atoms with E-state index in [4.69, 9.17) is 32.5 Å². The number of ether oxygens (including phenoxy) is 1. The van der Waals surface area contributed by atoms with Crippen LogP contribution in [-0.2, 0) is 6.61 Å². The number of hydrogen-bond donors (Lipinski definition) is 0. The molecule has 0 saturated heterocycles. The normalized spacial score (nSPS) is 11.0. The lowest BCUT2D eigenvalue weighted by Crippen LogP contribution is -2.01. The molecular formula is C19H17Cl2NO2. The van der Waals surface area contributed by atoms with Crippen molar-refractivity contribution in [3.63, 3.8) is 0 Å². The van der Waals surface area contributed by atoms with Gasteiger partial charge in [0.2, 0.25) is 0 Å². The quantitative estimate of drug-likeness (QED) is 0.530. The summed E-state index contributed by atoms with van der Waals surface area (Å²) in [5.74, 6) is 1.73. The maximum Gasteiger partial charge on any atom is 0.146 e. The Kier molecular flexibility index (Phi) is 5.12. The third-order valence-corrected chi connectivity index (χ3v) is 4.30. The van der Waals surface area contributed by atoms with Crippen molar-refractivity contribution in [1.29, 1.82) is 0 Å². The molecule has 3 rings (SSSR count). The van der Waals surface area contributed by atoms with Crippen LogP contribution in [0.1, 0.15) is 31.1 Å². The van der Waals surface area contributed by atoms with Gasteiger partial charge in [-0.1, -0.05) is 66.5 Å². The zero-order chi connectivity index (χ0) is 17.1. The summed E-state index contributed by atoms with van der Waals surface area (Å²) < 4.78 is 11.5. The average Bonchev–Trinajstić information content (AvgIpc) is 2.97. The summed E-state index contributed by atoms with van der Waals surface area (Å²) in [5, 5.41) is 5.29. The molecule has 0 aliphatic carbocycles. The van der Waals surface area contributed by atoms with Gasteiger partial charge < -0.3 is 9.26 Å². The van der Waals surface area contributed by atoms with E-state index in [1.807, 2.05) is 44.2 Å².